The van der Waals surface area contributed by atoms with Gasteiger partial charge in [-0.15, -0.1) is 0 Å². The van der Waals surface area contributed by atoms with E-state index in [4.69, 9.17) is 27.9 Å². The summed E-state index contributed by atoms with van der Waals surface area (Å²) in [6.07, 6.45) is 4.89. The minimum absolute atomic E-state index is 0.301. The van der Waals surface area contributed by atoms with Crippen molar-refractivity contribution in [2.45, 2.75) is 32.1 Å². The number of hydrogen-bond donors (Lipinski definition) is 1. The van der Waals surface area contributed by atoms with Gasteiger partial charge < -0.3 is 10.1 Å². The van der Waals surface area contributed by atoms with Crippen LogP contribution in [-0.2, 0) is 14.3 Å². The lowest BCUT2D eigenvalue weighted by molar-refractivity contribution is -0.148. The van der Waals surface area contributed by atoms with Gasteiger partial charge in [0.05, 0.1) is 10.7 Å². The molecular formula is C15H17Cl2NO3. The molecule has 1 amide bonds. The fourth-order valence-electron chi connectivity index (χ4n) is 2.43. The van der Waals surface area contributed by atoms with Gasteiger partial charge in [-0.1, -0.05) is 36.0 Å². The van der Waals surface area contributed by atoms with E-state index >= 15 is 0 Å². The third kappa shape index (κ3) is 5.21. The molecule has 1 aliphatic rings. The second-order valence-electron chi connectivity index (χ2n) is 5.19. The summed E-state index contributed by atoms with van der Waals surface area (Å²) < 4.78 is 4.98. The normalized spacial score (nSPS) is 15.0. The van der Waals surface area contributed by atoms with Crippen LogP contribution in [0.25, 0.3) is 0 Å². The molecule has 21 heavy (non-hydrogen) atoms. The molecule has 1 aliphatic carbocycles. The fourth-order valence-corrected chi connectivity index (χ4v) is 2.89. The van der Waals surface area contributed by atoms with Crippen molar-refractivity contribution in [3.63, 3.8) is 0 Å². The predicted octanol–water partition coefficient (Wildman–Crippen LogP) is 4.06. The summed E-state index contributed by atoms with van der Waals surface area (Å²) in [5, 5.41) is 3.41. The lowest BCUT2D eigenvalue weighted by Gasteiger charge is -2.10. The Morgan fingerprint density at radius 1 is 1.24 bits per heavy atom. The first-order chi connectivity index (χ1) is 10.0. The van der Waals surface area contributed by atoms with Crippen LogP contribution in [0.2, 0.25) is 10.0 Å². The molecule has 0 atom stereocenters. The van der Waals surface area contributed by atoms with Crippen molar-refractivity contribution < 1.29 is 14.3 Å². The minimum Gasteiger partial charge on any atom is -0.456 e. The average molecular weight is 330 g/mol. The van der Waals surface area contributed by atoms with Crippen molar-refractivity contribution in [1.82, 2.24) is 0 Å². The van der Waals surface area contributed by atoms with Crippen LogP contribution in [0.4, 0.5) is 5.69 Å². The van der Waals surface area contributed by atoms with Crippen molar-refractivity contribution in [1.29, 1.82) is 0 Å². The molecule has 1 saturated carbocycles. The molecule has 1 aromatic rings. The Hall–Kier alpha value is -1.26. The molecule has 1 aromatic carbocycles. The summed E-state index contributed by atoms with van der Waals surface area (Å²) in [5.41, 5.74) is 0.443. The highest BCUT2D eigenvalue weighted by molar-refractivity contribution is 6.36. The zero-order valence-corrected chi connectivity index (χ0v) is 13.0. The number of benzene rings is 1. The number of carbonyl (C=O) groups excluding carboxylic acids is 2. The van der Waals surface area contributed by atoms with Crippen LogP contribution in [0.1, 0.15) is 32.1 Å². The predicted molar refractivity (Wildman–Crippen MR) is 82.6 cm³/mol. The number of amides is 1. The molecule has 0 spiro atoms. The minimum atomic E-state index is -0.418. The average Bonchev–Trinajstić information content (AvgIpc) is 2.92. The summed E-state index contributed by atoms with van der Waals surface area (Å²) in [6.45, 7) is -0.301. The summed E-state index contributed by atoms with van der Waals surface area (Å²) in [4.78, 5) is 23.3. The number of halogens is 2. The van der Waals surface area contributed by atoms with Gasteiger partial charge in [-0.2, -0.15) is 0 Å². The smallest absolute Gasteiger partial charge is 0.306 e. The van der Waals surface area contributed by atoms with Gasteiger partial charge >= 0.3 is 5.97 Å². The van der Waals surface area contributed by atoms with Crippen LogP contribution >= 0.6 is 23.2 Å². The van der Waals surface area contributed by atoms with E-state index in [1.807, 2.05) is 0 Å². The first-order valence-corrected chi connectivity index (χ1v) is 7.70. The zero-order chi connectivity index (χ0) is 15.2. The quantitative estimate of drug-likeness (QED) is 0.829. The monoisotopic (exact) mass is 329 g/mol. The third-order valence-electron chi connectivity index (χ3n) is 3.50. The van der Waals surface area contributed by atoms with Crippen LogP contribution in [0.3, 0.4) is 0 Å². The Morgan fingerprint density at radius 3 is 2.62 bits per heavy atom. The van der Waals surface area contributed by atoms with Crippen LogP contribution in [0, 0.1) is 5.92 Å². The molecule has 0 unspecified atom stereocenters. The van der Waals surface area contributed by atoms with E-state index in [0.717, 1.165) is 12.8 Å². The highest BCUT2D eigenvalue weighted by Crippen LogP contribution is 2.28. The molecule has 0 aliphatic heterocycles. The fraction of sp³-hybridized carbons (Fsp3) is 0.467. The Kier molecular flexibility index (Phi) is 5.88. The van der Waals surface area contributed by atoms with Crippen LogP contribution < -0.4 is 5.32 Å². The molecule has 2 rings (SSSR count). The largest absolute Gasteiger partial charge is 0.456 e. The van der Waals surface area contributed by atoms with Gasteiger partial charge in [0.2, 0.25) is 0 Å². The standard InChI is InChI=1S/C15H17Cl2NO3/c16-11-5-6-13(12(17)8-11)18-14(19)9-21-15(20)7-10-3-1-2-4-10/h5-6,8,10H,1-4,7,9H2,(H,18,19). The molecule has 114 valence electrons. The molecular weight excluding hydrogens is 313 g/mol. The van der Waals surface area contributed by atoms with E-state index in [0.29, 0.717) is 28.1 Å². The van der Waals surface area contributed by atoms with E-state index in [-0.39, 0.29) is 12.6 Å². The topological polar surface area (TPSA) is 55.4 Å². The van der Waals surface area contributed by atoms with E-state index in [2.05, 4.69) is 5.32 Å². The zero-order valence-electron chi connectivity index (χ0n) is 11.5. The molecule has 1 N–H and O–H groups in total. The SMILES string of the molecule is O=C(COC(=O)CC1CCCC1)Nc1ccc(Cl)cc1Cl. The Balaban J connectivity index is 1.75. The Bertz CT molecular complexity index is 528. The molecule has 0 radical (unpaired) electrons. The van der Waals surface area contributed by atoms with Gasteiger partial charge in [0.25, 0.3) is 5.91 Å². The number of esters is 1. The number of anilines is 1. The van der Waals surface area contributed by atoms with Crippen LogP contribution in [-0.4, -0.2) is 18.5 Å². The van der Waals surface area contributed by atoms with E-state index in [1.165, 1.54) is 18.9 Å². The molecule has 0 saturated heterocycles. The van der Waals surface area contributed by atoms with Crippen molar-refractivity contribution in [2.75, 3.05) is 11.9 Å². The first kappa shape index (κ1) is 16.1. The molecule has 0 heterocycles. The van der Waals surface area contributed by atoms with E-state index in [1.54, 1.807) is 12.1 Å². The van der Waals surface area contributed by atoms with Gasteiger partial charge in [-0.05, 0) is 37.0 Å². The van der Waals surface area contributed by atoms with Crippen LogP contribution in [0.15, 0.2) is 18.2 Å². The van der Waals surface area contributed by atoms with Crippen molar-refractivity contribution in [2.24, 2.45) is 5.92 Å². The van der Waals surface area contributed by atoms with Gasteiger partial charge in [0.1, 0.15) is 0 Å². The molecule has 1 fully saturated rings. The number of rotatable bonds is 5. The van der Waals surface area contributed by atoms with E-state index < -0.39 is 5.91 Å². The molecule has 0 bridgehead atoms. The first-order valence-electron chi connectivity index (χ1n) is 6.95. The second-order valence-corrected chi connectivity index (χ2v) is 6.03. The van der Waals surface area contributed by atoms with Gasteiger partial charge in [-0.25, -0.2) is 0 Å². The Labute approximate surface area is 133 Å². The third-order valence-corrected chi connectivity index (χ3v) is 4.05. The summed E-state index contributed by atoms with van der Waals surface area (Å²) in [7, 11) is 0. The highest BCUT2D eigenvalue weighted by Gasteiger charge is 2.19. The maximum atomic E-state index is 11.7. The van der Waals surface area contributed by atoms with Crippen LogP contribution in [0.5, 0.6) is 0 Å². The van der Waals surface area contributed by atoms with Crippen molar-refractivity contribution in [3.8, 4) is 0 Å². The maximum Gasteiger partial charge on any atom is 0.306 e. The summed E-state index contributed by atoms with van der Waals surface area (Å²) in [6, 6.07) is 4.75. The summed E-state index contributed by atoms with van der Waals surface area (Å²) >= 11 is 11.7. The maximum absolute atomic E-state index is 11.7. The van der Waals surface area contributed by atoms with Gasteiger partial charge in [0, 0.05) is 11.4 Å². The van der Waals surface area contributed by atoms with Crippen molar-refractivity contribution >= 4 is 40.8 Å². The number of ether oxygens (including phenoxy) is 1. The van der Waals surface area contributed by atoms with Gasteiger partial charge in [0.15, 0.2) is 6.61 Å². The van der Waals surface area contributed by atoms with Crippen molar-refractivity contribution in [3.05, 3.63) is 28.2 Å². The number of hydrogen-bond acceptors (Lipinski definition) is 3. The lowest BCUT2D eigenvalue weighted by Crippen LogP contribution is -2.21. The van der Waals surface area contributed by atoms with Gasteiger partial charge in [-0.3, -0.25) is 9.59 Å². The summed E-state index contributed by atoms with van der Waals surface area (Å²) in [5.74, 6) is -0.329. The molecule has 0 aromatic heterocycles. The molecule has 4 nitrogen and oxygen atoms in total. The second kappa shape index (κ2) is 7.66. The highest BCUT2D eigenvalue weighted by atomic mass is 35.5. The lowest BCUT2D eigenvalue weighted by atomic mass is 10.1. The Morgan fingerprint density at radius 2 is 1.95 bits per heavy atom. The van der Waals surface area contributed by atoms with E-state index in [9.17, 15) is 9.59 Å². The number of carbonyl (C=O) groups is 2. The molecule has 6 heteroatoms. The number of nitrogens with one attached hydrogen (secondary N) is 1.